The summed E-state index contributed by atoms with van der Waals surface area (Å²) < 4.78 is 0.720. The van der Waals surface area contributed by atoms with Gasteiger partial charge in [0.15, 0.2) is 6.23 Å². The van der Waals surface area contributed by atoms with Gasteiger partial charge >= 0.3 is 0 Å². The molecule has 0 saturated heterocycles. The molecule has 0 aromatic heterocycles. The minimum Gasteiger partial charge on any atom is -0.345 e. The van der Waals surface area contributed by atoms with Crippen molar-refractivity contribution >= 4 is 5.84 Å². The van der Waals surface area contributed by atoms with Gasteiger partial charge in [0.2, 0.25) is 5.84 Å². The largest absolute Gasteiger partial charge is 0.345 e. The van der Waals surface area contributed by atoms with E-state index in [1.807, 2.05) is 6.92 Å². The number of rotatable bonds is 18. The van der Waals surface area contributed by atoms with Crippen molar-refractivity contribution in [1.29, 1.82) is 0 Å². The third-order valence-electron chi connectivity index (χ3n) is 6.77. The Labute approximate surface area is 176 Å². The first-order chi connectivity index (χ1) is 13.5. The van der Waals surface area contributed by atoms with Crippen molar-refractivity contribution in [3.05, 3.63) is 0 Å². The lowest BCUT2D eigenvalue weighted by Gasteiger charge is -2.36. The van der Waals surface area contributed by atoms with Gasteiger partial charge in [0.05, 0.1) is 13.1 Å². The Morgan fingerprint density at radius 3 is 1.68 bits per heavy atom. The number of aliphatic imine (C=N–C) groups is 1. The molecular formula is C25H51N2O+. The summed E-state index contributed by atoms with van der Waals surface area (Å²) in [7, 11) is 0. The van der Waals surface area contributed by atoms with E-state index in [0.717, 1.165) is 36.5 Å². The van der Waals surface area contributed by atoms with Gasteiger partial charge in [0.25, 0.3) is 0 Å². The molecule has 1 aliphatic rings. The van der Waals surface area contributed by atoms with Crippen molar-refractivity contribution in [3.63, 3.8) is 0 Å². The fourth-order valence-corrected chi connectivity index (χ4v) is 4.72. The molecule has 0 spiro atoms. The molecule has 0 aromatic carbocycles. The number of hydrogen-bond donors (Lipinski definition) is 1. The lowest BCUT2D eigenvalue weighted by molar-refractivity contribution is -0.882. The smallest absolute Gasteiger partial charge is 0.200 e. The summed E-state index contributed by atoms with van der Waals surface area (Å²) in [5.74, 6) is 2.13. The van der Waals surface area contributed by atoms with E-state index in [-0.39, 0.29) is 6.23 Å². The van der Waals surface area contributed by atoms with Gasteiger partial charge in [0, 0.05) is 13.3 Å². The van der Waals surface area contributed by atoms with Crippen molar-refractivity contribution in [2.45, 2.75) is 130 Å². The maximum Gasteiger partial charge on any atom is 0.200 e. The summed E-state index contributed by atoms with van der Waals surface area (Å²) in [6, 6.07) is 0. The number of hydrogen-bond acceptors (Lipinski definition) is 2. The van der Waals surface area contributed by atoms with Crippen LogP contribution in [-0.4, -0.2) is 41.3 Å². The van der Waals surface area contributed by atoms with Crippen molar-refractivity contribution in [3.8, 4) is 0 Å². The van der Waals surface area contributed by atoms with E-state index in [4.69, 9.17) is 4.99 Å². The van der Waals surface area contributed by atoms with Crippen LogP contribution in [0.5, 0.6) is 0 Å². The van der Waals surface area contributed by atoms with E-state index >= 15 is 0 Å². The topological polar surface area (TPSA) is 32.6 Å². The Hall–Kier alpha value is -0.410. The highest BCUT2D eigenvalue weighted by Gasteiger charge is 2.40. The third-order valence-corrected chi connectivity index (χ3v) is 6.77. The van der Waals surface area contributed by atoms with Gasteiger partial charge < -0.3 is 5.11 Å². The molecule has 1 aliphatic heterocycles. The van der Waals surface area contributed by atoms with Crippen LogP contribution in [0.3, 0.4) is 0 Å². The summed E-state index contributed by atoms with van der Waals surface area (Å²) >= 11 is 0. The number of nitrogens with zero attached hydrogens (tertiary/aromatic N) is 2. The number of aliphatic hydroxyl groups excluding tert-OH is 1. The Kier molecular flexibility index (Phi) is 14.1. The minimum atomic E-state index is -0.314. The molecule has 1 N–H and O–H groups in total. The van der Waals surface area contributed by atoms with Gasteiger partial charge in [-0.1, -0.05) is 97.3 Å². The van der Waals surface area contributed by atoms with Crippen LogP contribution in [0.1, 0.15) is 124 Å². The molecular weight excluding hydrogens is 344 g/mol. The number of aliphatic hydroxyl groups is 1. The molecule has 2 unspecified atom stereocenters. The minimum absolute atomic E-state index is 0.314. The molecule has 0 saturated carbocycles. The number of amidine groups is 1. The van der Waals surface area contributed by atoms with Crippen molar-refractivity contribution < 1.29 is 9.59 Å². The van der Waals surface area contributed by atoms with Gasteiger partial charge in [0.1, 0.15) is 6.54 Å². The molecule has 0 radical (unpaired) electrons. The van der Waals surface area contributed by atoms with Crippen LogP contribution >= 0.6 is 0 Å². The van der Waals surface area contributed by atoms with Crippen LogP contribution in [0.2, 0.25) is 0 Å². The monoisotopic (exact) mass is 395 g/mol. The molecule has 3 heteroatoms. The summed E-state index contributed by atoms with van der Waals surface area (Å²) in [5, 5.41) is 10.2. The van der Waals surface area contributed by atoms with Gasteiger partial charge in [-0.3, -0.25) is 4.48 Å². The second kappa shape index (κ2) is 15.4. The predicted octanol–water partition coefficient (Wildman–Crippen LogP) is 7.08. The van der Waals surface area contributed by atoms with Crippen LogP contribution in [-0.2, 0) is 0 Å². The molecule has 28 heavy (non-hydrogen) atoms. The Balaban J connectivity index is 1.88. The van der Waals surface area contributed by atoms with Crippen LogP contribution in [0.4, 0.5) is 0 Å². The van der Waals surface area contributed by atoms with E-state index in [1.54, 1.807) is 0 Å². The molecule has 2 atom stereocenters. The van der Waals surface area contributed by atoms with Crippen molar-refractivity contribution in [2.75, 3.05) is 19.6 Å². The van der Waals surface area contributed by atoms with Gasteiger partial charge in [-0.2, -0.15) is 0 Å². The number of unbranched alkanes of at least 4 members (excludes halogenated alkanes) is 12. The zero-order chi connectivity index (χ0) is 20.7. The molecule has 3 nitrogen and oxygen atoms in total. The second-order valence-corrected chi connectivity index (χ2v) is 9.53. The SMILES string of the molecule is CC[N+]1(C(C)O)CCN=C1CCCCCCCCCCCCCCCC(C)C. The summed E-state index contributed by atoms with van der Waals surface area (Å²) in [6.45, 7) is 11.6. The van der Waals surface area contributed by atoms with Crippen LogP contribution in [0.15, 0.2) is 4.99 Å². The summed E-state index contributed by atoms with van der Waals surface area (Å²) in [5.41, 5.74) is 0. The van der Waals surface area contributed by atoms with Gasteiger partial charge in [-0.25, -0.2) is 4.99 Å². The van der Waals surface area contributed by atoms with E-state index in [0.29, 0.717) is 0 Å². The second-order valence-electron chi connectivity index (χ2n) is 9.53. The molecule has 0 aliphatic carbocycles. The lowest BCUT2D eigenvalue weighted by atomic mass is 10.0. The van der Waals surface area contributed by atoms with E-state index in [9.17, 15) is 5.11 Å². The fraction of sp³-hybridized carbons (Fsp3) is 0.960. The van der Waals surface area contributed by atoms with Gasteiger partial charge in [-0.15, -0.1) is 0 Å². The maximum atomic E-state index is 10.2. The zero-order valence-corrected chi connectivity index (χ0v) is 19.7. The predicted molar refractivity (Wildman–Crippen MR) is 124 cm³/mol. The highest BCUT2D eigenvalue weighted by molar-refractivity contribution is 5.76. The Morgan fingerprint density at radius 1 is 0.786 bits per heavy atom. The molecule has 0 amide bonds. The Bertz CT molecular complexity index is 405. The highest BCUT2D eigenvalue weighted by Crippen LogP contribution is 2.23. The normalized spacial score (nSPS) is 20.7. The number of quaternary nitrogens is 1. The average Bonchev–Trinajstić information content (AvgIpc) is 3.08. The van der Waals surface area contributed by atoms with Crippen molar-refractivity contribution in [1.82, 2.24) is 0 Å². The van der Waals surface area contributed by atoms with Gasteiger partial charge in [-0.05, 0) is 19.3 Å². The lowest BCUT2D eigenvalue weighted by Crippen LogP contribution is -2.56. The standard InChI is InChI=1S/C25H51N2O/c1-5-27(24(4)28)22-21-26-25(27)20-18-16-14-12-10-8-6-7-9-11-13-15-17-19-23(2)3/h23-24,28H,5-22H2,1-4H3/q+1. The first kappa shape index (κ1) is 25.6. The van der Waals surface area contributed by atoms with E-state index in [1.165, 1.54) is 95.7 Å². The summed E-state index contributed by atoms with van der Waals surface area (Å²) in [6.07, 6.45) is 20.4. The quantitative estimate of drug-likeness (QED) is 0.195. The maximum absolute atomic E-state index is 10.2. The number of likely N-dealkylation sites (N-methyl/N-ethyl adjacent to an activating group) is 1. The highest BCUT2D eigenvalue weighted by atomic mass is 16.3. The van der Waals surface area contributed by atoms with Crippen LogP contribution in [0.25, 0.3) is 0 Å². The molecule has 1 rings (SSSR count). The zero-order valence-electron chi connectivity index (χ0n) is 19.7. The van der Waals surface area contributed by atoms with Crippen LogP contribution < -0.4 is 0 Å². The molecule has 0 aromatic rings. The van der Waals surface area contributed by atoms with E-state index < -0.39 is 0 Å². The fourth-order valence-electron chi connectivity index (χ4n) is 4.72. The van der Waals surface area contributed by atoms with E-state index in [2.05, 4.69) is 20.8 Å². The molecule has 166 valence electrons. The molecule has 0 fully saturated rings. The third kappa shape index (κ3) is 9.87. The molecule has 1 heterocycles. The van der Waals surface area contributed by atoms with Crippen molar-refractivity contribution in [2.24, 2.45) is 10.9 Å². The van der Waals surface area contributed by atoms with Crippen LogP contribution in [0, 0.1) is 5.92 Å². The first-order valence-electron chi connectivity index (χ1n) is 12.6. The Morgan fingerprint density at radius 2 is 1.25 bits per heavy atom. The summed E-state index contributed by atoms with van der Waals surface area (Å²) in [4.78, 5) is 4.72. The molecule has 0 bridgehead atoms. The average molecular weight is 396 g/mol. The first-order valence-corrected chi connectivity index (χ1v) is 12.6.